The van der Waals surface area contributed by atoms with E-state index < -0.39 is 27.6 Å². The number of halogens is 2. The third-order valence-corrected chi connectivity index (χ3v) is 3.99. The van der Waals surface area contributed by atoms with Crippen LogP contribution in [0.15, 0.2) is 53.4 Å². The van der Waals surface area contributed by atoms with Crippen LogP contribution in [0.3, 0.4) is 0 Å². The van der Waals surface area contributed by atoms with Crippen LogP contribution in [-0.2, 0) is 21.2 Å². The van der Waals surface area contributed by atoms with Crippen molar-refractivity contribution in [2.45, 2.75) is 11.3 Å². The molecule has 0 saturated carbocycles. The predicted octanol–water partition coefficient (Wildman–Crippen LogP) is 1.52. The van der Waals surface area contributed by atoms with Crippen molar-refractivity contribution in [1.82, 2.24) is 10.3 Å². The van der Waals surface area contributed by atoms with E-state index >= 15 is 0 Å². The third-order valence-electron chi connectivity index (χ3n) is 2.73. The van der Waals surface area contributed by atoms with E-state index in [1.165, 1.54) is 24.3 Å². The first kappa shape index (κ1) is 16.1. The van der Waals surface area contributed by atoms with Crippen molar-refractivity contribution in [2.24, 2.45) is 0 Å². The minimum Gasteiger partial charge on any atom is -0.277 e. The number of benzene rings is 2. The summed E-state index contributed by atoms with van der Waals surface area (Å²) in [6.07, 6.45) is -0.119. The molecule has 0 saturated heterocycles. The van der Waals surface area contributed by atoms with Gasteiger partial charge in [-0.3, -0.25) is 10.2 Å². The fraction of sp³-hybridized carbons (Fsp3) is 0.0714. The monoisotopic (exact) mass is 326 g/mol. The molecule has 0 aliphatic rings. The normalized spacial score (nSPS) is 11.2. The average Bonchev–Trinajstić information content (AvgIpc) is 2.48. The van der Waals surface area contributed by atoms with Gasteiger partial charge in [-0.15, -0.1) is 4.83 Å². The van der Waals surface area contributed by atoms with Gasteiger partial charge in [0.1, 0.15) is 11.6 Å². The van der Waals surface area contributed by atoms with Gasteiger partial charge >= 0.3 is 0 Å². The summed E-state index contributed by atoms with van der Waals surface area (Å²) < 4.78 is 49.2. The largest absolute Gasteiger partial charge is 0.277 e. The predicted molar refractivity (Wildman–Crippen MR) is 75.0 cm³/mol. The molecule has 0 spiro atoms. The second-order valence-electron chi connectivity index (χ2n) is 4.41. The molecular weight excluding hydrogens is 314 g/mol. The Morgan fingerprint density at radius 3 is 1.95 bits per heavy atom. The van der Waals surface area contributed by atoms with Crippen molar-refractivity contribution in [1.29, 1.82) is 0 Å². The van der Waals surface area contributed by atoms with E-state index in [4.69, 9.17) is 0 Å². The van der Waals surface area contributed by atoms with Crippen LogP contribution in [-0.4, -0.2) is 14.3 Å². The molecule has 0 aromatic heterocycles. The number of nitrogens with one attached hydrogen (secondary N) is 2. The number of amides is 1. The third kappa shape index (κ3) is 4.34. The first-order chi connectivity index (χ1) is 10.4. The minimum atomic E-state index is -3.98. The lowest BCUT2D eigenvalue weighted by Gasteiger charge is -2.08. The maximum absolute atomic E-state index is 12.7. The lowest BCUT2D eigenvalue weighted by molar-refractivity contribution is -0.120. The molecule has 0 atom stereocenters. The van der Waals surface area contributed by atoms with E-state index in [0.29, 0.717) is 5.56 Å². The molecule has 0 aliphatic heterocycles. The van der Waals surface area contributed by atoms with Crippen LogP contribution in [0.4, 0.5) is 8.78 Å². The molecule has 2 aromatic rings. The molecule has 0 fully saturated rings. The first-order valence-electron chi connectivity index (χ1n) is 6.17. The summed E-state index contributed by atoms with van der Waals surface area (Å²) in [4.78, 5) is 13.4. The lowest BCUT2D eigenvalue weighted by atomic mass is 10.1. The maximum Gasteiger partial charge on any atom is 0.257 e. The van der Waals surface area contributed by atoms with E-state index in [2.05, 4.69) is 0 Å². The number of rotatable bonds is 5. The van der Waals surface area contributed by atoms with Gasteiger partial charge in [0.15, 0.2) is 0 Å². The Morgan fingerprint density at radius 1 is 0.909 bits per heavy atom. The zero-order valence-electron chi connectivity index (χ0n) is 11.2. The highest BCUT2D eigenvalue weighted by molar-refractivity contribution is 7.89. The molecule has 8 heteroatoms. The fourth-order valence-electron chi connectivity index (χ4n) is 1.63. The summed E-state index contributed by atoms with van der Waals surface area (Å²) in [6.45, 7) is 0. The van der Waals surface area contributed by atoms with E-state index in [1.807, 2.05) is 10.3 Å². The number of carbonyl (C=O) groups excluding carboxylic acids is 1. The van der Waals surface area contributed by atoms with Gasteiger partial charge in [0.2, 0.25) is 5.91 Å². The van der Waals surface area contributed by atoms with Crippen molar-refractivity contribution in [2.75, 3.05) is 0 Å². The second kappa shape index (κ2) is 6.63. The van der Waals surface area contributed by atoms with Crippen molar-refractivity contribution in [3.8, 4) is 0 Å². The molecule has 0 unspecified atom stereocenters. The molecule has 22 heavy (non-hydrogen) atoms. The molecule has 1 amide bonds. The second-order valence-corrected chi connectivity index (χ2v) is 6.09. The average molecular weight is 326 g/mol. The van der Waals surface area contributed by atoms with Gasteiger partial charge in [0, 0.05) is 0 Å². The number of carbonyl (C=O) groups is 1. The summed E-state index contributed by atoms with van der Waals surface area (Å²) in [5.41, 5.74) is 2.56. The highest BCUT2D eigenvalue weighted by atomic mass is 32.2. The van der Waals surface area contributed by atoms with Crippen LogP contribution in [0.1, 0.15) is 5.56 Å². The number of hydrogen-bond donors (Lipinski definition) is 2. The van der Waals surface area contributed by atoms with Crippen molar-refractivity contribution >= 4 is 15.9 Å². The topological polar surface area (TPSA) is 75.3 Å². The van der Waals surface area contributed by atoms with Gasteiger partial charge in [0.25, 0.3) is 10.0 Å². The van der Waals surface area contributed by atoms with E-state index in [9.17, 15) is 22.0 Å². The standard InChI is InChI=1S/C14H12F2N2O3S/c15-11-3-1-10(2-4-11)9-14(19)17-18-22(20,21)13-7-5-12(16)6-8-13/h1-8,18H,9H2,(H,17,19). The molecule has 0 aliphatic carbocycles. The quantitative estimate of drug-likeness (QED) is 0.818. The first-order valence-corrected chi connectivity index (χ1v) is 7.66. The minimum absolute atomic E-state index is 0.119. The molecule has 2 rings (SSSR count). The SMILES string of the molecule is O=C(Cc1ccc(F)cc1)NNS(=O)(=O)c1ccc(F)cc1. The highest BCUT2D eigenvalue weighted by Crippen LogP contribution is 2.09. The van der Waals surface area contributed by atoms with Gasteiger partial charge in [-0.05, 0) is 42.0 Å². The molecule has 2 N–H and O–H groups in total. The van der Waals surface area contributed by atoms with Gasteiger partial charge in [-0.2, -0.15) is 0 Å². The smallest absolute Gasteiger partial charge is 0.257 e. The van der Waals surface area contributed by atoms with Gasteiger partial charge in [-0.1, -0.05) is 12.1 Å². The van der Waals surface area contributed by atoms with Gasteiger partial charge in [-0.25, -0.2) is 17.2 Å². The molecule has 0 heterocycles. The highest BCUT2D eigenvalue weighted by Gasteiger charge is 2.15. The zero-order valence-corrected chi connectivity index (χ0v) is 12.0. The molecule has 116 valence electrons. The van der Waals surface area contributed by atoms with Gasteiger partial charge < -0.3 is 0 Å². The summed E-state index contributed by atoms with van der Waals surface area (Å²) in [5, 5.41) is 0. The van der Waals surface area contributed by atoms with Crippen LogP contribution in [0.5, 0.6) is 0 Å². The van der Waals surface area contributed by atoms with Crippen molar-refractivity contribution in [3.63, 3.8) is 0 Å². The Hall–Kier alpha value is -2.32. The van der Waals surface area contributed by atoms with Crippen molar-refractivity contribution < 1.29 is 22.0 Å². The van der Waals surface area contributed by atoms with E-state index in [0.717, 1.165) is 24.3 Å². The van der Waals surface area contributed by atoms with E-state index in [-0.39, 0.29) is 11.3 Å². The summed E-state index contributed by atoms with van der Waals surface area (Å²) in [7, 11) is -3.98. The zero-order chi connectivity index (χ0) is 16.2. The Bertz CT molecular complexity index is 760. The Morgan fingerprint density at radius 2 is 1.41 bits per heavy atom. The van der Waals surface area contributed by atoms with Crippen molar-refractivity contribution in [3.05, 3.63) is 65.7 Å². The van der Waals surface area contributed by atoms with Crippen LogP contribution in [0.25, 0.3) is 0 Å². The molecule has 0 radical (unpaired) electrons. The molecular formula is C14H12F2N2O3S. The summed E-state index contributed by atoms with van der Waals surface area (Å²) in [6, 6.07) is 9.38. The number of sulfonamides is 1. The van der Waals surface area contributed by atoms with Crippen LogP contribution in [0.2, 0.25) is 0 Å². The van der Waals surface area contributed by atoms with Crippen LogP contribution in [0, 0.1) is 11.6 Å². The summed E-state index contributed by atoms with van der Waals surface area (Å²) in [5.74, 6) is -1.61. The number of hydrazine groups is 1. The number of hydrogen-bond acceptors (Lipinski definition) is 3. The van der Waals surface area contributed by atoms with E-state index in [1.54, 1.807) is 0 Å². The molecule has 5 nitrogen and oxygen atoms in total. The Balaban J connectivity index is 1.95. The lowest BCUT2D eigenvalue weighted by Crippen LogP contribution is -2.42. The Labute approximate surface area is 126 Å². The molecule has 0 bridgehead atoms. The van der Waals surface area contributed by atoms with Crippen LogP contribution >= 0.6 is 0 Å². The van der Waals surface area contributed by atoms with Gasteiger partial charge in [0.05, 0.1) is 11.3 Å². The van der Waals surface area contributed by atoms with Crippen LogP contribution < -0.4 is 10.3 Å². The maximum atomic E-state index is 12.7. The fourth-order valence-corrected chi connectivity index (χ4v) is 2.49. The Kier molecular flexibility index (Phi) is 4.84. The summed E-state index contributed by atoms with van der Waals surface area (Å²) >= 11 is 0. The molecule has 2 aromatic carbocycles.